The molecule has 1 atom stereocenters. The van der Waals surface area contributed by atoms with E-state index in [9.17, 15) is 0 Å². The van der Waals surface area contributed by atoms with Gasteiger partial charge in [0.1, 0.15) is 5.82 Å². The van der Waals surface area contributed by atoms with E-state index in [0.717, 1.165) is 17.9 Å². The number of halogens is 1. The molecular formula is C16H17ClN2S. The second-order valence-corrected chi connectivity index (χ2v) is 6.80. The van der Waals surface area contributed by atoms with Crippen LogP contribution in [0.3, 0.4) is 0 Å². The molecule has 2 nitrogen and oxygen atoms in total. The van der Waals surface area contributed by atoms with Crippen LogP contribution in [0, 0.1) is 13.8 Å². The van der Waals surface area contributed by atoms with Crippen molar-refractivity contribution in [3.8, 4) is 0 Å². The lowest BCUT2D eigenvalue weighted by Crippen LogP contribution is -2.06. The van der Waals surface area contributed by atoms with Crippen molar-refractivity contribution in [3.05, 3.63) is 51.5 Å². The molecule has 1 unspecified atom stereocenters. The zero-order valence-corrected chi connectivity index (χ0v) is 13.4. The van der Waals surface area contributed by atoms with Crippen LogP contribution in [0.2, 0.25) is 0 Å². The standard InChI is InChI=1S/C16H17ClN2S/c1-10-7-8-20-14(10)9-19-15-11(2)5-4-6-13(15)18-16(19)12(3)17/h4-8,12H,9H2,1-3H3. The molecule has 0 radical (unpaired) electrons. The number of para-hydroxylation sites is 1. The van der Waals surface area contributed by atoms with Gasteiger partial charge in [-0.05, 0) is 49.4 Å². The zero-order valence-electron chi connectivity index (χ0n) is 11.9. The van der Waals surface area contributed by atoms with Crippen LogP contribution in [0.1, 0.15) is 34.1 Å². The maximum Gasteiger partial charge on any atom is 0.128 e. The molecule has 1 aromatic carbocycles. The first-order chi connectivity index (χ1) is 9.58. The van der Waals surface area contributed by atoms with E-state index in [4.69, 9.17) is 16.6 Å². The second kappa shape index (κ2) is 5.23. The minimum Gasteiger partial charge on any atom is -0.321 e. The Bertz CT molecular complexity index is 755. The Morgan fingerprint density at radius 1 is 1.25 bits per heavy atom. The van der Waals surface area contributed by atoms with E-state index in [-0.39, 0.29) is 5.38 Å². The van der Waals surface area contributed by atoms with E-state index in [1.165, 1.54) is 21.5 Å². The maximum atomic E-state index is 6.33. The van der Waals surface area contributed by atoms with Crippen molar-refractivity contribution in [1.29, 1.82) is 0 Å². The van der Waals surface area contributed by atoms with Gasteiger partial charge in [0.2, 0.25) is 0 Å². The number of rotatable bonds is 3. The Hall–Kier alpha value is -1.32. The van der Waals surface area contributed by atoms with Gasteiger partial charge in [-0.1, -0.05) is 12.1 Å². The number of nitrogens with zero attached hydrogens (tertiary/aromatic N) is 2. The number of benzene rings is 1. The molecule has 0 saturated heterocycles. The fraction of sp³-hybridized carbons (Fsp3) is 0.312. The number of fused-ring (bicyclic) bond motifs is 1. The molecule has 0 bridgehead atoms. The van der Waals surface area contributed by atoms with Gasteiger partial charge in [0.15, 0.2) is 0 Å². The Morgan fingerprint density at radius 3 is 2.70 bits per heavy atom. The molecule has 0 aliphatic carbocycles. The van der Waals surface area contributed by atoms with Crippen LogP contribution in [0.15, 0.2) is 29.6 Å². The van der Waals surface area contributed by atoms with Crippen molar-refractivity contribution in [2.75, 3.05) is 0 Å². The highest BCUT2D eigenvalue weighted by molar-refractivity contribution is 7.10. The molecule has 0 amide bonds. The van der Waals surface area contributed by atoms with Gasteiger partial charge in [0.25, 0.3) is 0 Å². The molecule has 0 fully saturated rings. The lowest BCUT2D eigenvalue weighted by atomic mass is 10.2. The van der Waals surface area contributed by atoms with Crippen LogP contribution in [-0.4, -0.2) is 9.55 Å². The average molecular weight is 305 g/mol. The Labute approximate surface area is 128 Å². The molecule has 0 aliphatic heterocycles. The fourth-order valence-corrected chi connectivity index (χ4v) is 3.62. The van der Waals surface area contributed by atoms with E-state index in [2.05, 4.69) is 42.0 Å². The molecule has 2 aromatic heterocycles. The van der Waals surface area contributed by atoms with Gasteiger partial charge >= 0.3 is 0 Å². The summed E-state index contributed by atoms with van der Waals surface area (Å²) in [5, 5.41) is 2.04. The quantitative estimate of drug-likeness (QED) is 0.618. The second-order valence-electron chi connectivity index (χ2n) is 5.14. The summed E-state index contributed by atoms with van der Waals surface area (Å²) in [6.45, 7) is 7.11. The maximum absolute atomic E-state index is 6.33. The predicted molar refractivity (Wildman–Crippen MR) is 86.9 cm³/mol. The molecule has 2 heterocycles. The van der Waals surface area contributed by atoms with Gasteiger partial charge in [0, 0.05) is 4.88 Å². The summed E-state index contributed by atoms with van der Waals surface area (Å²) in [4.78, 5) is 6.09. The SMILES string of the molecule is Cc1ccsc1Cn1c(C(C)Cl)nc2cccc(C)c21. The third-order valence-electron chi connectivity index (χ3n) is 3.62. The van der Waals surface area contributed by atoms with Crippen LogP contribution in [-0.2, 0) is 6.54 Å². The summed E-state index contributed by atoms with van der Waals surface area (Å²) in [5.74, 6) is 0.948. The smallest absolute Gasteiger partial charge is 0.128 e. The first kappa shape index (κ1) is 13.7. The highest BCUT2D eigenvalue weighted by atomic mass is 35.5. The Kier molecular flexibility index (Phi) is 3.57. The summed E-state index contributed by atoms with van der Waals surface area (Å²) in [6, 6.07) is 8.40. The minimum atomic E-state index is -0.0953. The lowest BCUT2D eigenvalue weighted by molar-refractivity contribution is 0.747. The Morgan fingerprint density at radius 2 is 2.05 bits per heavy atom. The van der Waals surface area contributed by atoms with Crippen molar-refractivity contribution >= 4 is 34.0 Å². The number of hydrogen-bond acceptors (Lipinski definition) is 2. The lowest BCUT2D eigenvalue weighted by Gasteiger charge is -2.11. The monoisotopic (exact) mass is 304 g/mol. The van der Waals surface area contributed by atoms with Crippen LogP contribution in [0.4, 0.5) is 0 Å². The van der Waals surface area contributed by atoms with E-state index in [0.29, 0.717) is 0 Å². The molecule has 0 spiro atoms. The van der Waals surface area contributed by atoms with Crippen LogP contribution < -0.4 is 0 Å². The number of alkyl halides is 1. The van der Waals surface area contributed by atoms with Crippen molar-refractivity contribution in [1.82, 2.24) is 9.55 Å². The van der Waals surface area contributed by atoms with E-state index in [1.807, 2.05) is 13.0 Å². The van der Waals surface area contributed by atoms with Gasteiger partial charge in [-0.25, -0.2) is 4.98 Å². The van der Waals surface area contributed by atoms with Gasteiger partial charge in [-0.2, -0.15) is 0 Å². The molecule has 3 aromatic rings. The van der Waals surface area contributed by atoms with Crippen LogP contribution in [0.5, 0.6) is 0 Å². The molecule has 104 valence electrons. The molecule has 20 heavy (non-hydrogen) atoms. The van der Waals surface area contributed by atoms with Crippen molar-refractivity contribution < 1.29 is 0 Å². The summed E-state index contributed by atoms with van der Waals surface area (Å²) < 4.78 is 2.27. The molecular weight excluding hydrogens is 288 g/mol. The fourth-order valence-electron chi connectivity index (χ4n) is 2.56. The highest BCUT2D eigenvalue weighted by Crippen LogP contribution is 2.29. The van der Waals surface area contributed by atoms with Crippen molar-refractivity contribution in [2.24, 2.45) is 0 Å². The Balaban J connectivity index is 2.21. The molecule has 0 N–H and O–H groups in total. The third kappa shape index (κ3) is 2.25. The van der Waals surface area contributed by atoms with Crippen LogP contribution in [0.25, 0.3) is 11.0 Å². The average Bonchev–Trinajstić information content (AvgIpc) is 2.96. The zero-order chi connectivity index (χ0) is 14.3. The summed E-state index contributed by atoms with van der Waals surface area (Å²) in [7, 11) is 0. The first-order valence-corrected chi connectivity index (χ1v) is 8.02. The van der Waals surface area contributed by atoms with E-state index >= 15 is 0 Å². The number of aromatic nitrogens is 2. The van der Waals surface area contributed by atoms with Crippen LogP contribution >= 0.6 is 22.9 Å². The van der Waals surface area contributed by atoms with Gasteiger partial charge in [-0.3, -0.25) is 0 Å². The summed E-state index contributed by atoms with van der Waals surface area (Å²) in [5.41, 5.74) is 4.80. The van der Waals surface area contributed by atoms with Gasteiger partial charge < -0.3 is 4.57 Å². The topological polar surface area (TPSA) is 17.8 Å². The van der Waals surface area contributed by atoms with Crippen molar-refractivity contribution in [3.63, 3.8) is 0 Å². The van der Waals surface area contributed by atoms with Crippen molar-refractivity contribution in [2.45, 2.75) is 32.7 Å². The summed E-state index contributed by atoms with van der Waals surface area (Å²) >= 11 is 8.12. The van der Waals surface area contributed by atoms with Gasteiger partial charge in [0.05, 0.1) is 23.0 Å². The first-order valence-electron chi connectivity index (χ1n) is 6.70. The number of imidazole rings is 1. The highest BCUT2D eigenvalue weighted by Gasteiger charge is 2.17. The van der Waals surface area contributed by atoms with E-state index in [1.54, 1.807) is 11.3 Å². The van der Waals surface area contributed by atoms with E-state index < -0.39 is 0 Å². The number of aryl methyl sites for hydroxylation is 2. The molecule has 3 rings (SSSR count). The van der Waals surface area contributed by atoms with Gasteiger partial charge in [-0.15, -0.1) is 22.9 Å². The molecule has 4 heteroatoms. The number of thiophene rings is 1. The third-order valence-corrected chi connectivity index (χ3v) is 4.83. The normalized spacial score (nSPS) is 13.0. The molecule has 0 aliphatic rings. The predicted octanol–water partition coefficient (Wildman–Crippen LogP) is 5.06. The number of hydrogen-bond donors (Lipinski definition) is 0. The summed E-state index contributed by atoms with van der Waals surface area (Å²) in [6.07, 6.45) is 0. The minimum absolute atomic E-state index is 0.0953. The molecule has 0 saturated carbocycles. The largest absolute Gasteiger partial charge is 0.321 e.